The van der Waals surface area contributed by atoms with Crippen molar-refractivity contribution < 1.29 is 17.9 Å². The molecule has 1 aromatic carbocycles. The second-order valence-electron chi connectivity index (χ2n) is 6.66. The van der Waals surface area contributed by atoms with Crippen molar-refractivity contribution >= 4 is 11.6 Å². The number of ether oxygens (including phenoxy) is 1. The van der Waals surface area contributed by atoms with Crippen LogP contribution in [-0.2, 0) is 17.5 Å². The van der Waals surface area contributed by atoms with Gasteiger partial charge in [-0.25, -0.2) is 4.99 Å². The van der Waals surface area contributed by atoms with Gasteiger partial charge in [0.25, 0.3) is 0 Å². The van der Waals surface area contributed by atoms with E-state index in [2.05, 4.69) is 4.99 Å². The molecule has 2 aliphatic heterocycles. The highest BCUT2D eigenvalue weighted by Crippen LogP contribution is 2.35. The minimum atomic E-state index is -4.42. The molecule has 1 aromatic rings. The van der Waals surface area contributed by atoms with Crippen LogP contribution in [0.2, 0.25) is 0 Å². The number of hydrogen-bond donors (Lipinski definition) is 1. The summed E-state index contributed by atoms with van der Waals surface area (Å²) in [6, 6.07) is 4.45. The average Bonchev–Trinajstić information content (AvgIpc) is 2.66. The molecule has 26 heavy (non-hydrogen) atoms. The highest BCUT2D eigenvalue weighted by atomic mass is 19.4. The lowest BCUT2D eigenvalue weighted by Gasteiger charge is -2.30. The van der Waals surface area contributed by atoms with Crippen molar-refractivity contribution in [2.45, 2.75) is 32.0 Å². The van der Waals surface area contributed by atoms with Crippen LogP contribution in [0.5, 0.6) is 0 Å². The third-order valence-electron chi connectivity index (χ3n) is 4.87. The lowest BCUT2D eigenvalue weighted by molar-refractivity contribution is -0.138. The van der Waals surface area contributed by atoms with Gasteiger partial charge in [-0.05, 0) is 37.0 Å². The van der Waals surface area contributed by atoms with Crippen LogP contribution in [0.3, 0.4) is 0 Å². The number of benzene rings is 1. The number of nitrogens with two attached hydrogens (primary N) is 1. The number of alkyl halides is 3. The molecule has 2 fully saturated rings. The smallest absolute Gasteiger partial charge is 0.378 e. The number of halogens is 3. The molecule has 0 radical (unpaired) electrons. The molecule has 0 saturated carbocycles. The summed E-state index contributed by atoms with van der Waals surface area (Å²) in [7, 11) is 0. The highest BCUT2D eigenvalue weighted by molar-refractivity contribution is 5.78. The van der Waals surface area contributed by atoms with Gasteiger partial charge in [0.05, 0.1) is 25.3 Å². The van der Waals surface area contributed by atoms with E-state index in [9.17, 15) is 13.2 Å². The van der Waals surface area contributed by atoms with Crippen LogP contribution in [0.4, 0.5) is 18.9 Å². The van der Waals surface area contributed by atoms with E-state index in [1.54, 1.807) is 6.07 Å². The summed E-state index contributed by atoms with van der Waals surface area (Å²) in [6.07, 6.45) is -1.19. The first-order valence-corrected chi connectivity index (χ1v) is 9.03. The fraction of sp³-hybridized carbons (Fsp3) is 0.611. The van der Waals surface area contributed by atoms with Crippen molar-refractivity contribution in [3.05, 3.63) is 29.3 Å². The number of nitrogens with zero attached hydrogens (tertiary/aromatic N) is 3. The zero-order valence-electron chi connectivity index (χ0n) is 14.8. The molecule has 3 rings (SSSR count). The number of piperidine rings is 1. The van der Waals surface area contributed by atoms with Crippen molar-refractivity contribution in [2.75, 3.05) is 44.3 Å². The van der Waals surface area contributed by atoms with Gasteiger partial charge in [0.1, 0.15) is 0 Å². The molecule has 0 aromatic heterocycles. The van der Waals surface area contributed by atoms with Gasteiger partial charge in [0.15, 0.2) is 5.96 Å². The molecule has 144 valence electrons. The maximum absolute atomic E-state index is 13.5. The van der Waals surface area contributed by atoms with Crippen LogP contribution < -0.4 is 10.6 Å². The van der Waals surface area contributed by atoms with Gasteiger partial charge in [-0.15, -0.1) is 0 Å². The fourth-order valence-corrected chi connectivity index (χ4v) is 3.37. The molecule has 2 aliphatic rings. The second-order valence-corrected chi connectivity index (χ2v) is 6.66. The van der Waals surface area contributed by atoms with E-state index in [-0.39, 0.29) is 12.1 Å². The Kier molecular flexibility index (Phi) is 5.90. The molecule has 8 heteroatoms. The SMILES string of the molecule is NC(=NCc1ccc(N2CCOCC2)cc1C(F)(F)F)N1CCCCC1. The predicted molar refractivity (Wildman–Crippen MR) is 95.2 cm³/mol. The van der Waals surface area contributed by atoms with Gasteiger partial charge >= 0.3 is 6.18 Å². The average molecular weight is 370 g/mol. The molecular weight excluding hydrogens is 345 g/mol. The maximum atomic E-state index is 13.5. The molecule has 0 spiro atoms. The molecule has 5 nitrogen and oxygen atoms in total. The van der Waals surface area contributed by atoms with Gasteiger partial charge in [-0.3, -0.25) is 0 Å². The first kappa shape index (κ1) is 18.8. The third-order valence-corrected chi connectivity index (χ3v) is 4.87. The summed E-state index contributed by atoms with van der Waals surface area (Å²) < 4.78 is 45.9. The minimum absolute atomic E-state index is 0.0689. The Morgan fingerprint density at radius 3 is 2.42 bits per heavy atom. The Labute approximate surface area is 151 Å². The van der Waals surface area contributed by atoms with E-state index in [0.29, 0.717) is 38.0 Å². The van der Waals surface area contributed by atoms with Crippen molar-refractivity contribution in [1.29, 1.82) is 0 Å². The van der Waals surface area contributed by atoms with Crippen LogP contribution in [0.25, 0.3) is 0 Å². The molecule has 0 amide bonds. The Bertz CT molecular complexity index is 636. The molecule has 0 bridgehead atoms. The monoisotopic (exact) mass is 370 g/mol. The molecular formula is C18H25F3N4O. The summed E-state index contributed by atoms with van der Waals surface area (Å²) in [5.74, 6) is 0.329. The highest BCUT2D eigenvalue weighted by Gasteiger charge is 2.34. The number of aliphatic imine (C=N–C) groups is 1. The van der Waals surface area contributed by atoms with Gasteiger partial charge in [0, 0.05) is 31.9 Å². The molecule has 2 N–H and O–H groups in total. The first-order valence-electron chi connectivity index (χ1n) is 9.03. The number of hydrogen-bond acceptors (Lipinski definition) is 3. The molecule has 2 saturated heterocycles. The summed E-state index contributed by atoms with van der Waals surface area (Å²) in [5.41, 5.74) is 6.05. The van der Waals surface area contributed by atoms with Crippen LogP contribution in [-0.4, -0.2) is 50.3 Å². The molecule has 2 heterocycles. The summed E-state index contributed by atoms with van der Waals surface area (Å²) in [6.45, 7) is 3.81. The van der Waals surface area contributed by atoms with Crippen LogP contribution in [0.15, 0.2) is 23.2 Å². The van der Waals surface area contributed by atoms with Crippen molar-refractivity contribution in [2.24, 2.45) is 10.7 Å². The quantitative estimate of drug-likeness (QED) is 0.657. The maximum Gasteiger partial charge on any atom is 0.416 e. The van der Waals surface area contributed by atoms with E-state index in [0.717, 1.165) is 32.4 Å². The van der Waals surface area contributed by atoms with Gasteiger partial charge in [-0.2, -0.15) is 13.2 Å². The summed E-state index contributed by atoms with van der Waals surface area (Å²) in [4.78, 5) is 8.08. The van der Waals surface area contributed by atoms with Crippen molar-refractivity contribution in [3.8, 4) is 0 Å². The fourth-order valence-electron chi connectivity index (χ4n) is 3.37. The number of morpholine rings is 1. The lowest BCUT2D eigenvalue weighted by Crippen LogP contribution is -2.40. The predicted octanol–water partition coefficient (Wildman–Crippen LogP) is 2.84. The van der Waals surface area contributed by atoms with Crippen LogP contribution >= 0.6 is 0 Å². The zero-order chi connectivity index (χ0) is 18.6. The van der Waals surface area contributed by atoms with Gasteiger partial charge in [-0.1, -0.05) is 6.07 Å². The Balaban J connectivity index is 1.79. The van der Waals surface area contributed by atoms with Gasteiger partial charge < -0.3 is 20.3 Å². The third kappa shape index (κ3) is 4.60. The van der Waals surface area contributed by atoms with E-state index in [1.807, 2.05) is 9.80 Å². The molecule has 0 unspecified atom stereocenters. The number of rotatable bonds is 3. The first-order chi connectivity index (χ1) is 12.4. The summed E-state index contributed by atoms with van der Waals surface area (Å²) in [5, 5.41) is 0. The minimum Gasteiger partial charge on any atom is -0.378 e. The summed E-state index contributed by atoms with van der Waals surface area (Å²) >= 11 is 0. The van der Waals surface area contributed by atoms with Gasteiger partial charge in [0.2, 0.25) is 0 Å². The normalized spacial score (nSPS) is 19.7. The Hall–Kier alpha value is -1.96. The lowest BCUT2D eigenvalue weighted by atomic mass is 10.1. The van der Waals surface area contributed by atoms with Crippen molar-refractivity contribution in [1.82, 2.24) is 4.90 Å². The number of likely N-dealkylation sites (tertiary alicyclic amines) is 1. The zero-order valence-corrected chi connectivity index (χ0v) is 14.8. The van der Waals surface area contributed by atoms with E-state index in [1.165, 1.54) is 12.1 Å². The molecule has 0 atom stereocenters. The topological polar surface area (TPSA) is 54.1 Å². The van der Waals surface area contributed by atoms with Crippen LogP contribution in [0, 0.1) is 0 Å². The Morgan fingerprint density at radius 2 is 1.77 bits per heavy atom. The largest absolute Gasteiger partial charge is 0.416 e. The van der Waals surface area contributed by atoms with E-state index in [4.69, 9.17) is 10.5 Å². The number of anilines is 1. The van der Waals surface area contributed by atoms with Crippen molar-refractivity contribution in [3.63, 3.8) is 0 Å². The standard InChI is InChI=1S/C18H25F3N4O/c19-18(20,21)16-12-15(24-8-10-26-11-9-24)5-4-14(16)13-23-17(22)25-6-2-1-3-7-25/h4-5,12H,1-3,6-11,13H2,(H2,22,23). The second kappa shape index (κ2) is 8.16. The number of guanidine groups is 1. The molecule has 0 aliphatic carbocycles. The van der Waals surface area contributed by atoms with E-state index >= 15 is 0 Å². The van der Waals surface area contributed by atoms with Crippen LogP contribution in [0.1, 0.15) is 30.4 Å². The Morgan fingerprint density at radius 1 is 1.08 bits per heavy atom. The van der Waals surface area contributed by atoms with E-state index < -0.39 is 11.7 Å².